The zero-order valence-corrected chi connectivity index (χ0v) is 22.8. The number of ether oxygens (including phenoxy) is 1. The normalized spacial score (nSPS) is 12.5. The summed E-state index contributed by atoms with van der Waals surface area (Å²) in [5.41, 5.74) is 4.97. The van der Waals surface area contributed by atoms with Crippen LogP contribution >= 0.6 is 16.3 Å². The van der Waals surface area contributed by atoms with Gasteiger partial charge in [0.1, 0.15) is 5.75 Å². The van der Waals surface area contributed by atoms with E-state index in [1.165, 1.54) is 11.6 Å². The fraction of sp³-hybridized carbons (Fsp3) is 0.333. The number of hydrogen-bond acceptors (Lipinski definition) is 6. The monoisotopic (exact) mass is 514 g/mol. The Morgan fingerprint density at radius 2 is 1.31 bits per heavy atom. The Balaban J connectivity index is 1.63. The second-order valence-corrected chi connectivity index (χ2v) is 10.8. The molecule has 0 N–H and O–H groups in total. The van der Waals surface area contributed by atoms with Crippen molar-refractivity contribution in [2.24, 2.45) is 0 Å². The summed E-state index contributed by atoms with van der Waals surface area (Å²) >= 11 is 0. The lowest BCUT2D eigenvalue weighted by molar-refractivity contribution is 0.278. The summed E-state index contributed by atoms with van der Waals surface area (Å²) in [4.78, 5) is 0. The first-order valence-corrected chi connectivity index (χ1v) is 13.9. The van der Waals surface area contributed by atoms with E-state index in [4.69, 9.17) is 18.3 Å². The molecule has 0 aromatic heterocycles. The molecule has 0 aliphatic rings. The van der Waals surface area contributed by atoms with Crippen LogP contribution in [0.1, 0.15) is 48.1 Å². The van der Waals surface area contributed by atoms with E-state index in [9.17, 15) is 9.13 Å². The van der Waals surface area contributed by atoms with Crippen LogP contribution in [-0.2, 0) is 15.6 Å². The minimum atomic E-state index is -2.47. The Labute approximate surface area is 209 Å². The van der Waals surface area contributed by atoms with Gasteiger partial charge in [-0.05, 0) is 78.6 Å². The highest BCUT2D eigenvalue weighted by Gasteiger charge is 2.33. The first kappa shape index (κ1) is 26.7. The van der Waals surface area contributed by atoms with Crippen LogP contribution in [0.2, 0.25) is 0 Å². The Kier molecular flexibility index (Phi) is 9.26. The van der Waals surface area contributed by atoms with Crippen molar-refractivity contribution < 1.29 is 27.4 Å². The van der Waals surface area contributed by atoms with Crippen molar-refractivity contribution in [2.45, 2.75) is 60.2 Å². The SMILES string of the molecule is CCCc1cc(C)c(O[P+](=O)Oc2cccc(O[P+](=O)C(C)Oc3c(C)cccc3C)c2)c(C)c1. The van der Waals surface area contributed by atoms with Gasteiger partial charge in [-0.1, -0.05) is 49.7 Å². The van der Waals surface area contributed by atoms with Gasteiger partial charge in [-0.15, -0.1) is 0 Å². The molecule has 0 spiro atoms. The number of hydrogen-bond donors (Lipinski definition) is 0. The van der Waals surface area contributed by atoms with Crippen molar-refractivity contribution in [3.8, 4) is 23.0 Å². The lowest BCUT2D eigenvalue weighted by atomic mass is 10.0. The van der Waals surface area contributed by atoms with E-state index in [1.54, 1.807) is 25.1 Å². The molecule has 3 unspecified atom stereocenters. The van der Waals surface area contributed by atoms with Crippen LogP contribution in [0.4, 0.5) is 0 Å². The molecule has 0 heterocycles. The summed E-state index contributed by atoms with van der Waals surface area (Å²) in [7, 11) is -4.66. The summed E-state index contributed by atoms with van der Waals surface area (Å²) in [6.07, 6.45) is 2.03. The van der Waals surface area contributed by atoms with Gasteiger partial charge in [0.2, 0.25) is 0 Å². The van der Waals surface area contributed by atoms with Gasteiger partial charge in [-0.3, -0.25) is 4.52 Å². The molecule has 0 saturated heterocycles. The molecule has 6 nitrogen and oxygen atoms in total. The van der Waals surface area contributed by atoms with Gasteiger partial charge in [0.15, 0.2) is 17.2 Å². The molecule has 0 aliphatic carbocycles. The quantitative estimate of drug-likeness (QED) is 0.239. The van der Waals surface area contributed by atoms with E-state index in [-0.39, 0.29) is 5.75 Å². The van der Waals surface area contributed by atoms with Crippen molar-refractivity contribution in [2.75, 3.05) is 0 Å². The Morgan fingerprint density at radius 3 is 1.91 bits per heavy atom. The molecule has 8 heteroatoms. The van der Waals surface area contributed by atoms with E-state index < -0.39 is 22.1 Å². The van der Waals surface area contributed by atoms with Crippen LogP contribution in [0, 0.1) is 27.7 Å². The van der Waals surface area contributed by atoms with Crippen LogP contribution in [0.25, 0.3) is 0 Å². The number of aryl methyl sites for hydroxylation is 5. The van der Waals surface area contributed by atoms with Crippen LogP contribution in [0.5, 0.6) is 23.0 Å². The molecule has 184 valence electrons. The average Bonchev–Trinajstić information content (AvgIpc) is 2.79. The summed E-state index contributed by atoms with van der Waals surface area (Å²) < 4.78 is 48.0. The molecule has 3 rings (SSSR count). The van der Waals surface area contributed by atoms with Crippen molar-refractivity contribution in [1.82, 2.24) is 0 Å². The van der Waals surface area contributed by atoms with Gasteiger partial charge >= 0.3 is 22.1 Å². The second kappa shape index (κ2) is 12.2. The highest BCUT2D eigenvalue weighted by atomic mass is 31.1. The maximum absolute atomic E-state index is 12.7. The standard InChI is InChI=1S/C27H32O6P2/c1-7-10-23-15-20(4)27(21(5)16-23)33-35(29)32-25-14-9-13-24(17-25)31-34(28)22(6)30-26-18(2)11-8-12-19(26)3/h8-9,11-17,22H,7,10H2,1-6H3/q+2. The molecule has 3 aromatic rings. The predicted octanol–water partition coefficient (Wildman–Crippen LogP) is 8.53. The second-order valence-electron chi connectivity index (χ2n) is 8.50. The third-order valence-corrected chi connectivity index (χ3v) is 7.18. The first-order chi connectivity index (χ1) is 16.7. The Hall–Kier alpha value is -2.94. The van der Waals surface area contributed by atoms with Gasteiger partial charge in [-0.2, -0.15) is 0 Å². The lowest BCUT2D eigenvalue weighted by Gasteiger charge is -2.11. The highest BCUT2D eigenvalue weighted by molar-refractivity contribution is 7.40. The summed E-state index contributed by atoms with van der Waals surface area (Å²) in [5, 5.41) is 0. The van der Waals surface area contributed by atoms with Crippen molar-refractivity contribution in [3.63, 3.8) is 0 Å². The molecule has 0 aliphatic heterocycles. The molecule has 0 fully saturated rings. The number of rotatable bonds is 11. The molecule has 3 atom stereocenters. The fourth-order valence-electron chi connectivity index (χ4n) is 3.76. The molecule has 35 heavy (non-hydrogen) atoms. The molecule has 0 saturated carbocycles. The maximum Gasteiger partial charge on any atom is 0.805 e. The maximum atomic E-state index is 12.7. The van der Waals surface area contributed by atoms with Gasteiger partial charge in [0.05, 0.1) is 0 Å². The first-order valence-electron chi connectivity index (χ1n) is 11.6. The van der Waals surface area contributed by atoms with Crippen molar-refractivity contribution >= 4 is 16.3 Å². The highest BCUT2D eigenvalue weighted by Crippen LogP contribution is 2.39. The zero-order valence-electron chi connectivity index (χ0n) is 21.0. The minimum Gasteiger partial charge on any atom is -0.443 e. The van der Waals surface area contributed by atoms with Crippen LogP contribution in [-0.4, -0.2) is 5.85 Å². The van der Waals surface area contributed by atoms with E-state index in [1.807, 2.05) is 58.0 Å². The van der Waals surface area contributed by atoms with Gasteiger partial charge in [0, 0.05) is 17.6 Å². The van der Waals surface area contributed by atoms with Crippen molar-refractivity contribution in [3.05, 3.63) is 82.4 Å². The van der Waals surface area contributed by atoms with E-state index in [0.717, 1.165) is 35.1 Å². The topological polar surface area (TPSA) is 71.1 Å². The minimum absolute atomic E-state index is 0.285. The largest absolute Gasteiger partial charge is 0.805 e. The Morgan fingerprint density at radius 1 is 0.743 bits per heavy atom. The molecule has 3 aromatic carbocycles. The molecular formula is C27H32O6P2+2. The van der Waals surface area contributed by atoms with Crippen LogP contribution in [0.3, 0.4) is 0 Å². The summed E-state index contributed by atoms with van der Waals surface area (Å²) in [6.45, 7) is 11.6. The van der Waals surface area contributed by atoms with Crippen molar-refractivity contribution in [1.29, 1.82) is 0 Å². The molecular weight excluding hydrogens is 482 g/mol. The van der Waals surface area contributed by atoms with E-state index in [0.29, 0.717) is 17.2 Å². The van der Waals surface area contributed by atoms with E-state index >= 15 is 0 Å². The van der Waals surface area contributed by atoms with Gasteiger partial charge in [-0.25, -0.2) is 9.05 Å². The third kappa shape index (κ3) is 7.27. The van der Waals surface area contributed by atoms with Crippen LogP contribution < -0.4 is 18.3 Å². The van der Waals surface area contributed by atoms with E-state index in [2.05, 4.69) is 6.92 Å². The third-order valence-electron chi connectivity index (χ3n) is 5.40. The fourth-order valence-corrected chi connectivity index (χ4v) is 5.18. The smallest absolute Gasteiger partial charge is 0.443 e. The summed E-state index contributed by atoms with van der Waals surface area (Å²) in [5.74, 6) is 1.19. The zero-order chi connectivity index (χ0) is 25.5. The molecule has 0 amide bonds. The van der Waals surface area contributed by atoms with Gasteiger partial charge in [0.25, 0.3) is 0 Å². The number of benzene rings is 3. The molecule has 0 bridgehead atoms. The lowest BCUT2D eigenvalue weighted by Crippen LogP contribution is -2.10. The Bertz CT molecular complexity index is 1180. The summed E-state index contributed by atoms with van der Waals surface area (Å²) in [6, 6.07) is 16.4. The average molecular weight is 514 g/mol. The molecule has 0 radical (unpaired) electrons. The van der Waals surface area contributed by atoms with Crippen LogP contribution in [0.15, 0.2) is 54.6 Å². The predicted molar refractivity (Wildman–Crippen MR) is 139 cm³/mol. The number of para-hydroxylation sites is 1. The van der Waals surface area contributed by atoms with Gasteiger partial charge < -0.3 is 4.74 Å².